The van der Waals surface area contributed by atoms with Crippen molar-refractivity contribution >= 4 is 49.7 Å². The monoisotopic (exact) mass is 597 g/mol. The zero-order chi connectivity index (χ0) is 29.2. The van der Waals surface area contributed by atoms with E-state index in [0.717, 1.165) is 10.7 Å². The van der Waals surface area contributed by atoms with Crippen molar-refractivity contribution in [3.8, 4) is 0 Å². The Hall–Kier alpha value is -2.35. The summed E-state index contributed by atoms with van der Waals surface area (Å²) in [7, 11) is -3.86. The van der Waals surface area contributed by atoms with Crippen molar-refractivity contribution < 1.29 is 22.7 Å². The second-order valence-electron chi connectivity index (χ2n) is 10.5. The van der Waals surface area contributed by atoms with Crippen molar-refractivity contribution in [3.05, 3.63) is 56.5 Å². The third-order valence-corrected chi connectivity index (χ3v) is 9.10. The van der Waals surface area contributed by atoms with Crippen molar-refractivity contribution in [2.45, 2.75) is 65.3 Å². The number of likely N-dealkylation sites (N-methyl/N-ethyl adjacent to an activating group) is 1. The van der Waals surface area contributed by atoms with Gasteiger partial charge in [-0.25, -0.2) is 18.1 Å². The minimum absolute atomic E-state index is 0.0101. The summed E-state index contributed by atoms with van der Waals surface area (Å²) < 4.78 is 34.8. The first kappa shape index (κ1) is 31.2. The summed E-state index contributed by atoms with van der Waals surface area (Å²) in [5, 5.41) is 5.95. The lowest BCUT2D eigenvalue weighted by Crippen LogP contribution is -2.58. The van der Waals surface area contributed by atoms with Crippen LogP contribution in [0.4, 0.5) is 0 Å². The number of hydrogen-bond donors (Lipinski definition) is 3. The van der Waals surface area contributed by atoms with E-state index in [2.05, 4.69) is 15.0 Å². The summed E-state index contributed by atoms with van der Waals surface area (Å²) >= 11 is 7.52. The number of rotatable bonds is 11. The lowest BCUT2D eigenvalue weighted by atomic mass is 9.92. The third kappa shape index (κ3) is 7.65. The number of carbonyl (C=O) groups is 2. The average Bonchev–Trinajstić information content (AvgIpc) is 3.32. The van der Waals surface area contributed by atoms with E-state index in [1.54, 1.807) is 58.9 Å². The van der Waals surface area contributed by atoms with E-state index in [9.17, 15) is 18.0 Å². The molecule has 214 valence electrons. The van der Waals surface area contributed by atoms with Gasteiger partial charge in [-0.15, -0.1) is 11.3 Å². The van der Waals surface area contributed by atoms with E-state index in [-0.39, 0.29) is 31.2 Å². The molecule has 10 nitrogen and oxygen atoms in total. The molecule has 0 bridgehead atoms. The van der Waals surface area contributed by atoms with Gasteiger partial charge in [0.2, 0.25) is 21.8 Å². The van der Waals surface area contributed by atoms with E-state index in [1.165, 1.54) is 16.2 Å². The zero-order valence-electron chi connectivity index (χ0n) is 23.0. The topological polar surface area (TPSA) is 144 Å². The molecule has 0 radical (unpaired) electrons. The van der Waals surface area contributed by atoms with Crippen LogP contribution in [0, 0.1) is 6.92 Å². The van der Waals surface area contributed by atoms with Crippen LogP contribution in [0.1, 0.15) is 50.9 Å². The molecule has 1 aromatic heterocycles. The maximum absolute atomic E-state index is 13.8. The Balaban J connectivity index is 1.92. The smallest absolute Gasteiger partial charge is 0.247 e. The summed E-state index contributed by atoms with van der Waals surface area (Å²) in [6.45, 7) is 10.6. The van der Waals surface area contributed by atoms with Crippen molar-refractivity contribution in [3.63, 3.8) is 0 Å². The summed E-state index contributed by atoms with van der Waals surface area (Å²) in [6.07, 6.45) is 0. The Morgan fingerprint density at radius 2 is 1.92 bits per heavy atom. The molecule has 1 aliphatic rings. The number of nitrogens with one attached hydrogen (secondary N) is 2. The molecule has 39 heavy (non-hydrogen) atoms. The van der Waals surface area contributed by atoms with Crippen LogP contribution in [0.5, 0.6) is 0 Å². The van der Waals surface area contributed by atoms with Gasteiger partial charge in [0, 0.05) is 23.5 Å². The molecule has 0 saturated heterocycles. The van der Waals surface area contributed by atoms with Gasteiger partial charge in [0.25, 0.3) is 0 Å². The minimum Gasteiger partial charge on any atom is -0.372 e. The minimum atomic E-state index is -3.86. The highest BCUT2D eigenvalue weighted by atomic mass is 35.5. The standard InChI is InChI=1S/C26H36ClN5O5S2/c1-7-32(12-20-22(17-8-10-18(27)11-9-17)39(35,36)31-26(20,5)6)23(33)21(30-24(34)25(3,4)28)14-37-13-19-15-38-16(2)29-19/h8-11,15,21,31H,7,12-14,28H2,1-6H3,(H,30,34)/t21-/m1/s1. The number of thiazole rings is 1. The van der Waals surface area contributed by atoms with Crippen LogP contribution in [0.25, 0.3) is 4.91 Å². The zero-order valence-corrected chi connectivity index (χ0v) is 25.4. The second kappa shape index (κ2) is 12.0. The number of nitrogens with two attached hydrogens (primary N) is 1. The van der Waals surface area contributed by atoms with Gasteiger partial charge in [-0.1, -0.05) is 23.7 Å². The van der Waals surface area contributed by atoms with Gasteiger partial charge < -0.3 is 20.7 Å². The van der Waals surface area contributed by atoms with Gasteiger partial charge in [0.15, 0.2) is 0 Å². The number of sulfonamides is 1. The highest BCUT2D eigenvalue weighted by Crippen LogP contribution is 2.38. The Morgan fingerprint density at radius 3 is 2.46 bits per heavy atom. The van der Waals surface area contributed by atoms with E-state index in [1.807, 2.05) is 12.3 Å². The van der Waals surface area contributed by atoms with Crippen LogP contribution in [0.2, 0.25) is 5.02 Å². The maximum Gasteiger partial charge on any atom is 0.247 e. The van der Waals surface area contributed by atoms with E-state index in [4.69, 9.17) is 22.1 Å². The Kier molecular flexibility index (Phi) is 9.62. The number of carbonyl (C=O) groups excluding carboxylic acids is 2. The quantitative estimate of drug-likeness (QED) is 0.361. The van der Waals surface area contributed by atoms with Crippen LogP contribution >= 0.6 is 22.9 Å². The fourth-order valence-corrected chi connectivity index (χ4v) is 6.84. The van der Waals surface area contributed by atoms with Gasteiger partial charge >= 0.3 is 0 Å². The van der Waals surface area contributed by atoms with Gasteiger partial charge in [-0.05, 0) is 64.8 Å². The fourth-order valence-electron chi connectivity index (χ4n) is 4.13. The Morgan fingerprint density at radius 1 is 1.28 bits per heavy atom. The lowest BCUT2D eigenvalue weighted by Gasteiger charge is -2.32. The second-order valence-corrected chi connectivity index (χ2v) is 13.6. The fraction of sp³-hybridized carbons (Fsp3) is 0.500. The number of halogens is 1. The molecule has 0 spiro atoms. The Labute approximate surface area is 239 Å². The van der Waals surface area contributed by atoms with E-state index in [0.29, 0.717) is 16.2 Å². The average molecular weight is 598 g/mol. The van der Waals surface area contributed by atoms with Gasteiger partial charge in [0.1, 0.15) is 6.04 Å². The molecule has 0 aliphatic carbocycles. The number of benzene rings is 1. The number of nitrogens with zero attached hydrogens (tertiary/aromatic N) is 2. The first-order valence-electron chi connectivity index (χ1n) is 12.5. The largest absolute Gasteiger partial charge is 0.372 e. The predicted molar refractivity (Wildman–Crippen MR) is 153 cm³/mol. The molecule has 0 unspecified atom stereocenters. The third-order valence-electron chi connectivity index (χ3n) is 6.23. The summed E-state index contributed by atoms with van der Waals surface area (Å²) in [5.74, 6) is -0.941. The number of aryl methyl sites for hydroxylation is 1. The maximum atomic E-state index is 13.8. The number of hydrogen-bond acceptors (Lipinski definition) is 8. The molecule has 1 atom stereocenters. The first-order valence-corrected chi connectivity index (χ1v) is 15.2. The van der Waals surface area contributed by atoms with Crippen LogP contribution in [0.3, 0.4) is 0 Å². The molecule has 1 aliphatic heterocycles. The van der Waals surface area contributed by atoms with Crippen molar-refractivity contribution in [1.82, 2.24) is 19.9 Å². The Bertz CT molecular complexity index is 1350. The normalized spacial score (nSPS) is 17.2. The molecule has 1 aromatic carbocycles. The van der Waals surface area contributed by atoms with E-state index < -0.39 is 39.0 Å². The molecule has 2 heterocycles. The van der Waals surface area contributed by atoms with Crippen LogP contribution in [-0.4, -0.2) is 66.9 Å². The number of aromatic nitrogens is 1. The van der Waals surface area contributed by atoms with Crippen molar-refractivity contribution in [1.29, 1.82) is 0 Å². The lowest BCUT2D eigenvalue weighted by molar-refractivity contribution is -0.139. The van der Waals surface area contributed by atoms with Gasteiger partial charge in [-0.3, -0.25) is 9.59 Å². The summed E-state index contributed by atoms with van der Waals surface area (Å²) in [4.78, 5) is 32.5. The first-order chi connectivity index (χ1) is 18.0. The highest BCUT2D eigenvalue weighted by Gasteiger charge is 2.44. The summed E-state index contributed by atoms with van der Waals surface area (Å²) in [5.41, 5.74) is 5.49. The molecule has 0 fully saturated rings. The molecule has 4 N–H and O–H groups in total. The highest BCUT2D eigenvalue weighted by molar-refractivity contribution is 7.99. The molecular weight excluding hydrogens is 562 g/mol. The molecule has 3 rings (SSSR count). The predicted octanol–water partition coefficient (Wildman–Crippen LogP) is 2.82. The molecular formula is C26H36ClN5O5S2. The van der Waals surface area contributed by atoms with Crippen LogP contribution in [-0.2, 0) is 31.0 Å². The molecule has 2 aromatic rings. The number of ether oxygens (including phenoxy) is 1. The molecule has 13 heteroatoms. The molecule has 2 amide bonds. The van der Waals surface area contributed by atoms with Gasteiger partial charge in [-0.2, -0.15) is 0 Å². The van der Waals surface area contributed by atoms with E-state index >= 15 is 0 Å². The van der Waals surface area contributed by atoms with Crippen molar-refractivity contribution in [2.24, 2.45) is 5.73 Å². The SMILES string of the molecule is CCN(CC1=C(c2ccc(Cl)cc2)S(=O)(=O)NC1(C)C)C(=O)[C@@H](COCc1csc(C)n1)NC(=O)C(C)(C)N. The van der Waals surface area contributed by atoms with Crippen LogP contribution in [0.15, 0.2) is 35.2 Å². The van der Waals surface area contributed by atoms with Crippen molar-refractivity contribution in [2.75, 3.05) is 19.7 Å². The molecule has 0 saturated carbocycles. The summed E-state index contributed by atoms with van der Waals surface area (Å²) in [6, 6.07) is 5.46. The number of amides is 2. The van der Waals surface area contributed by atoms with Crippen LogP contribution < -0.4 is 15.8 Å². The van der Waals surface area contributed by atoms with Gasteiger partial charge in [0.05, 0.1) is 39.9 Å².